The van der Waals surface area contributed by atoms with Crippen LogP contribution in [0.4, 0.5) is 5.00 Å². The Morgan fingerprint density at radius 3 is 2.77 bits per heavy atom. The van der Waals surface area contributed by atoms with Gasteiger partial charge >= 0.3 is 5.00 Å². The highest BCUT2D eigenvalue weighted by Crippen LogP contribution is 2.28. The van der Waals surface area contributed by atoms with E-state index in [2.05, 4.69) is 4.99 Å². The predicted molar refractivity (Wildman–Crippen MR) is 118 cm³/mol. The summed E-state index contributed by atoms with van der Waals surface area (Å²) < 4.78 is 14.1. The maximum atomic E-state index is 12.4. The van der Waals surface area contributed by atoms with Crippen molar-refractivity contribution in [3.63, 3.8) is 0 Å². The van der Waals surface area contributed by atoms with Crippen molar-refractivity contribution in [1.29, 1.82) is 0 Å². The van der Waals surface area contributed by atoms with Crippen molar-refractivity contribution < 1.29 is 19.2 Å². The zero-order valence-electron chi connectivity index (χ0n) is 16.6. The number of carbonyl (C=O) groups is 1. The molecule has 0 saturated heterocycles. The number of thiophene rings is 1. The van der Waals surface area contributed by atoms with Gasteiger partial charge in [0.2, 0.25) is 0 Å². The quantitative estimate of drug-likeness (QED) is 0.211. The molecule has 10 heteroatoms. The van der Waals surface area contributed by atoms with E-state index in [9.17, 15) is 14.9 Å². The Balaban J connectivity index is 1.95. The lowest BCUT2D eigenvalue weighted by Gasteiger charge is -2.09. The van der Waals surface area contributed by atoms with E-state index < -0.39 is 10.8 Å². The Hall–Kier alpha value is -2.82. The van der Waals surface area contributed by atoms with Crippen LogP contribution >= 0.6 is 22.7 Å². The molecule has 0 unspecified atom stereocenters. The van der Waals surface area contributed by atoms with Gasteiger partial charge in [0.1, 0.15) is 11.3 Å². The van der Waals surface area contributed by atoms with Crippen LogP contribution in [0.25, 0.3) is 16.3 Å². The molecule has 0 atom stereocenters. The fraction of sp³-hybridized carbons (Fsp3) is 0.300. The first-order chi connectivity index (χ1) is 14.5. The summed E-state index contributed by atoms with van der Waals surface area (Å²) in [4.78, 5) is 28.2. The number of aromatic nitrogens is 1. The molecule has 1 amide bonds. The number of amides is 1. The second-order valence-corrected chi connectivity index (χ2v) is 8.09. The molecule has 1 aromatic carbocycles. The van der Waals surface area contributed by atoms with Crippen LogP contribution in [0.15, 0.2) is 41.4 Å². The molecule has 0 bridgehead atoms. The molecule has 30 heavy (non-hydrogen) atoms. The fourth-order valence-electron chi connectivity index (χ4n) is 2.78. The average Bonchev–Trinajstić information content (AvgIpc) is 3.33. The molecule has 8 nitrogen and oxygen atoms in total. The lowest BCUT2D eigenvalue weighted by molar-refractivity contribution is -0.380. The van der Waals surface area contributed by atoms with Gasteiger partial charge in [0.05, 0.1) is 22.8 Å². The Kier molecular flexibility index (Phi) is 7.50. The number of thiazole rings is 1. The summed E-state index contributed by atoms with van der Waals surface area (Å²) >= 11 is 2.40. The zero-order valence-corrected chi connectivity index (χ0v) is 18.2. The minimum absolute atomic E-state index is 0.0285. The highest BCUT2D eigenvalue weighted by molar-refractivity contribution is 7.16. The van der Waals surface area contributed by atoms with Gasteiger partial charge in [-0.05, 0) is 38.1 Å². The standard InChI is InChI=1S/C20H21N3O5S2/c1-3-27-13-12-22-19-15(28-4-2)6-5-7-16(19)30-20(22)21-17(24)10-8-14-9-11-18(29-14)23(25)26/h5-11H,3-4,12-13H2,1-2H3. The summed E-state index contributed by atoms with van der Waals surface area (Å²) in [6.45, 7) is 5.99. The zero-order chi connectivity index (χ0) is 21.5. The minimum atomic E-state index is -0.456. The molecule has 0 aliphatic rings. The third kappa shape index (κ3) is 5.21. The molecule has 0 spiro atoms. The fourth-order valence-corrected chi connectivity index (χ4v) is 4.58. The van der Waals surface area contributed by atoms with Crippen molar-refractivity contribution >= 4 is 49.9 Å². The van der Waals surface area contributed by atoms with E-state index in [-0.39, 0.29) is 5.00 Å². The van der Waals surface area contributed by atoms with Gasteiger partial charge in [0.25, 0.3) is 5.91 Å². The molecule has 3 rings (SSSR count). The number of fused-ring (bicyclic) bond motifs is 1. The predicted octanol–water partition coefficient (Wildman–Crippen LogP) is 4.25. The van der Waals surface area contributed by atoms with Gasteiger partial charge in [-0.25, -0.2) is 0 Å². The van der Waals surface area contributed by atoms with Gasteiger partial charge in [-0.1, -0.05) is 28.7 Å². The van der Waals surface area contributed by atoms with Gasteiger partial charge in [0, 0.05) is 30.2 Å². The molecule has 0 aliphatic heterocycles. The van der Waals surface area contributed by atoms with Crippen molar-refractivity contribution in [3.8, 4) is 5.75 Å². The lowest BCUT2D eigenvalue weighted by atomic mass is 10.3. The highest BCUT2D eigenvalue weighted by Gasteiger charge is 2.12. The molecule has 0 radical (unpaired) electrons. The van der Waals surface area contributed by atoms with Gasteiger partial charge in [-0.15, -0.1) is 0 Å². The van der Waals surface area contributed by atoms with E-state index in [1.54, 1.807) is 6.07 Å². The van der Waals surface area contributed by atoms with E-state index in [1.165, 1.54) is 29.6 Å². The Labute approximate surface area is 180 Å². The molecule has 0 saturated carbocycles. The van der Waals surface area contributed by atoms with Gasteiger partial charge in [-0.2, -0.15) is 4.99 Å². The first-order valence-corrected chi connectivity index (χ1v) is 11.0. The second kappa shape index (κ2) is 10.3. The van der Waals surface area contributed by atoms with Crippen LogP contribution in [-0.2, 0) is 16.1 Å². The van der Waals surface area contributed by atoms with Crippen LogP contribution < -0.4 is 9.54 Å². The molecular formula is C20H21N3O5S2. The van der Waals surface area contributed by atoms with Crippen LogP contribution in [0.1, 0.15) is 18.7 Å². The van der Waals surface area contributed by atoms with Gasteiger partial charge < -0.3 is 14.0 Å². The van der Waals surface area contributed by atoms with E-state index in [0.29, 0.717) is 36.0 Å². The number of carbonyl (C=O) groups excluding carboxylic acids is 1. The smallest absolute Gasteiger partial charge is 0.324 e. The normalized spacial score (nSPS) is 12.1. The van der Waals surface area contributed by atoms with Gasteiger partial charge in [-0.3, -0.25) is 14.9 Å². The summed E-state index contributed by atoms with van der Waals surface area (Å²) in [5, 5.41) is 10.8. The Bertz CT molecular complexity index is 1140. The summed E-state index contributed by atoms with van der Waals surface area (Å²) in [6, 6.07) is 8.78. The summed E-state index contributed by atoms with van der Waals surface area (Å²) in [6.07, 6.45) is 2.85. The summed E-state index contributed by atoms with van der Waals surface area (Å²) in [7, 11) is 0. The number of hydrogen-bond acceptors (Lipinski definition) is 7. The Morgan fingerprint density at radius 2 is 2.07 bits per heavy atom. The first kappa shape index (κ1) is 21.9. The summed E-state index contributed by atoms with van der Waals surface area (Å²) in [5.74, 6) is 0.291. The van der Waals surface area contributed by atoms with Crippen LogP contribution in [-0.4, -0.2) is 35.2 Å². The average molecular weight is 448 g/mol. The summed E-state index contributed by atoms with van der Waals surface area (Å²) in [5.41, 5.74) is 0.883. The van der Waals surface area contributed by atoms with Crippen LogP contribution in [0.3, 0.4) is 0 Å². The number of nitrogens with zero attached hydrogens (tertiary/aromatic N) is 3. The molecule has 158 valence electrons. The second-order valence-electron chi connectivity index (χ2n) is 5.99. The van der Waals surface area contributed by atoms with Crippen LogP contribution in [0.2, 0.25) is 0 Å². The molecule has 0 aliphatic carbocycles. The first-order valence-electron chi connectivity index (χ1n) is 9.37. The van der Waals surface area contributed by atoms with Crippen molar-refractivity contribution in [2.75, 3.05) is 19.8 Å². The molecule has 2 heterocycles. The third-order valence-corrected chi connectivity index (χ3v) is 6.06. The molecule has 2 aromatic heterocycles. The number of ether oxygens (including phenoxy) is 2. The van der Waals surface area contributed by atoms with Crippen molar-refractivity contribution in [1.82, 2.24) is 4.57 Å². The number of rotatable bonds is 9. The molecule has 0 N–H and O–H groups in total. The molecular weight excluding hydrogens is 426 g/mol. The number of hydrogen-bond donors (Lipinski definition) is 0. The SMILES string of the molecule is CCOCCn1c(=NC(=O)C=Cc2ccc([N+](=O)[O-])s2)sc2cccc(OCC)c21. The molecule has 3 aromatic rings. The van der Waals surface area contributed by atoms with Crippen molar-refractivity contribution in [2.45, 2.75) is 20.4 Å². The monoisotopic (exact) mass is 447 g/mol. The van der Waals surface area contributed by atoms with E-state index in [4.69, 9.17) is 9.47 Å². The maximum Gasteiger partial charge on any atom is 0.324 e. The Morgan fingerprint density at radius 1 is 1.23 bits per heavy atom. The minimum Gasteiger partial charge on any atom is -0.492 e. The van der Waals surface area contributed by atoms with E-state index in [0.717, 1.165) is 27.3 Å². The third-order valence-electron chi connectivity index (χ3n) is 4.02. The molecule has 0 fully saturated rings. The van der Waals surface area contributed by atoms with Crippen molar-refractivity contribution in [2.24, 2.45) is 4.99 Å². The lowest BCUT2D eigenvalue weighted by Crippen LogP contribution is -2.19. The largest absolute Gasteiger partial charge is 0.492 e. The van der Waals surface area contributed by atoms with Crippen LogP contribution in [0, 0.1) is 10.1 Å². The van der Waals surface area contributed by atoms with Gasteiger partial charge in [0.15, 0.2) is 4.80 Å². The van der Waals surface area contributed by atoms with E-state index in [1.807, 2.05) is 36.6 Å². The van der Waals surface area contributed by atoms with Crippen LogP contribution in [0.5, 0.6) is 5.75 Å². The maximum absolute atomic E-state index is 12.4. The number of nitro groups is 1. The highest BCUT2D eigenvalue weighted by atomic mass is 32.1. The number of benzene rings is 1. The number of para-hydroxylation sites is 1. The topological polar surface area (TPSA) is 96.0 Å². The van der Waals surface area contributed by atoms with Crippen molar-refractivity contribution in [3.05, 3.63) is 56.2 Å². The van der Waals surface area contributed by atoms with E-state index >= 15 is 0 Å².